The Labute approximate surface area is 196 Å². The van der Waals surface area contributed by atoms with Crippen molar-refractivity contribution >= 4 is 44.7 Å². The van der Waals surface area contributed by atoms with E-state index in [9.17, 15) is 15.0 Å². The SMILES string of the molecule is C=C1CCCc2sc3nc(C)c(C(OC(C)(C)C)C(=O)O)c(-c4ccc(Cl)cc4O)c3c21. The Hall–Kier alpha value is -2.41. The number of carbonyl (C=O) groups is 1. The van der Waals surface area contributed by atoms with E-state index in [4.69, 9.17) is 21.3 Å². The van der Waals surface area contributed by atoms with E-state index in [-0.39, 0.29) is 5.75 Å². The van der Waals surface area contributed by atoms with Crippen LogP contribution in [0.2, 0.25) is 5.02 Å². The van der Waals surface area contributed by atoms with Crippen molar-refractivity contribution in [2.24, 2.45) is 0 Å². The lowest BCUT2D eigenvalue weighted by Gasteiger charge is -2.28. The van der Waals surface area contributed by atoms with Crippen molar-refractivity contribution in [2.75, 3.05) is 0 Å². The molecule has 1 unspecified atom stereocenters. The lowest BCUT2D eigenvalue weighted by Crippen LogP contribution is -2.28. The van der Waals surface area contributed by atoms with Gasteiger partial charge in [0.1, 0.15) is 10.6 Å². The van der Waals surface area contributed by atoms with Gasteiger partial charge >= 0.3 is 5.97 Å². The minimum atomic E-state index is -1.26. The number of phenols is 1. The third-order valence-electron chi connectivity index (χ3n) is 5.56. The number of fused-ring (bicyclic) bond motifs is 3. The summed E-state index contributed by atoms with van der Waals surface area (Å²) < 4.78 is 6.02. The average molecular weight is 472 g/mol. The summed E-state index contributed by atoms with van der Waals surface area (Å²) in [4.78, 5) is 19.2. The van der Waals surface area contributed by atoms with Crippen LogP contribution in [0.1, 0.15) is 61.4 Å². The second kappa shape index (κ2) is 8.18. The van der Waals surface area contributed by atoms with Gasteiger partial charge in [-0.3, -0.25) is 0 Å². The molecule has 0 bridgehead atoms. The minimum absolute atomic E-state index is 0.0214. The van der Waals surface area contributed by atoms with Crippen LogP contribution in [0.5, 0.6) is 5.75 Å². The molecule has 32 heavy (non-hydrogen) atoms. The zero-order valence-electron chi connectivity index (χ0n) is 18.6. The third kappa shape index (κ3) is 4.03. The standard InChI is InChI=1S/C25H26ClNO4S/c1-12-7-6-8-17-18(12)21-20(15-10-9-14(26)11-16(15)28)19(13(2)27-23(21)32-17)22(24(29)30)31-25(3,4)5/h9-11,22,28H,1,6-8H2,2-5H3,(H,29,30). The topological polar surface area (TPSA) is 79.7 Å². The molecule has 3 aromatic rings. The number of allylic oxidation sites excluding steroid dienone is 1. The highest BCUT2D eigenvalue weighted by Crippen LogP contribution is 2.49. The van der Waals surface area contributed by atoms with Gasteiger partial charge < -0.3 is 14.9 Å². The van der Waals surface area contributed by atoms with E-state index in [0.717, 1.165) is 40.6 Å². The molecule has 0 radical (unpaired) electrons. The van der Waals surface area contributed by atoms with Crippen molar-refractivity contribution < 1.29 is 19.7 Å². The van der Waals surface area contributed by atoms with Crippen molar-refractivity contribution in [1.29, 1.82) is 0 Å². The quantitative estimate of drug-likeness (QED) is 0.431. The van der Waals surface area contributed by atoms with Crippen molar-refractivity contribution in [3.05, 3.63) is 51.5 Å². The van der Waals surface area contributed by atoms with Crippen LogP contribution in [0, 0.1) is 6.92 Å². The molecule has 2 aromatic heterocycles. The Balaban J connectivity index is 2.16. The first-order chi connectivity index (χ1) is 15.0. The molecule has 1 atom stereocenters. The minimum Gasteiger partial charge on any atom is -0.507 e. The number of hydrogen-bond donors (Lipinski definition) is 2. The number of nitrogens with zero attached hydrogens (tertiary/aromatic N) is 1. The largest absolute Gasteiger partial charge is 0.507 e. The lowest BCUT2D eigenvalue weighted by molar-refractivity contribution is -0.160. The number of aromatic hydroxyl groups is 1. The predicted octanol–water partition coefficient (Wildman–Crippen LogP) is 6.92. The Morgan fingerprint density at radius 1 is 1.28 bits per heavy atom. The van der Waals surface area contributed by atoms with Crippen molar-refractivity contribution in [3.63, 3.8) is 0 Å². The first kappa shape index (κ1) is 22.8. The number of rotatable bonds is 4. The van der Waals surface area contributed by atoms with E-state index in [1.807, 2.05) is 20.8 Å². The summed E-state index contributed by atoms with van der Waals surface area (Å²) in [6, 6.07) is 4.88. The van der Waals surface area contributed by atoms with Crippen molar-refractivity contribution in [3.8, 4) is 16.9 Å². The van der Waals surface area contributed by atoms with E-state index in [1.54, 1.807) is 30.4 Å². The van der Waals surface area contributed by atoms with E-state index < -0.39 is 17.7 Å². The molecule has 7 heteroatoms. The number of ether oxygens (including phenoxy) is 1. The van der Waals surface area contributed by atoms with Gasteiger partial charge in [0.25, 0.3) is 0 Å². The first-order valence-electron chi connectivity index (χ1n) is 10.5. The van der Waals surface area contributed by atoms with Gasteiger partial charge in [-0.1, -0.05) is 18.2 Å². The van der Waals surface area contributed by atoms with Gasteiger partial charge in [-0.2, -0.15) is 0 Å². The molecule has 2 heterocycles. The molecule has 1 aliphatic carbocycles. The molecule has 1 aromatic carbocycles. The summed E-state index contributed by atoms with van der Waals surface area (Å²) in [6.45, 7) is 11.5. The second-order valence-electron chi connectivity index (χ2n) is 9.13. The van der Waals surface area contributed by atoms with Crippen LogP contribution in [-0.2, 0) is 16.0 Å². The van der Waals surface area contributed by atoms with Crippen molar-refractivity contribution in [2.45, 2.75) is 58.7 Å². The molecule has 4 rings (SSSR count). The van der Waals surface area contributed by atoms with Crippen LogP contribution in [0.3, 0.4) is 0 Å². The molecule has 0 fully saturated rings. The maximum atomic E-state index is 12.4. The number of aliphatic carboxylic acids is 1. The second-order valence-corrected chi connectivity index (χ2v) is 10.7. The maximum Gasteiger partial charge on any atom is 0.337 e. The molecule has 168 valence electrons. The average Bonchev–Trinajstić information content (AvgIpc) is 3.04. The molecular formula is C25H26ClNO4S. The predicted molar refractivity (Wildman–Crippen MR) is 130 cm³/mol. The van der Waals surface area contributed by atoms with Gasteiger partial charge in [-0.15, -0.1) is 11.3 Å². The summed E-state index contributed by atoms with van der Waals surface area (Å²) in [5, 5.41) is 22.3. The zero-order valence-corrected chi connectivity index (χ0v) is 20.2. The van der Waals surface area contributed by atoms with Gasteiger partial charge in [0.15, 0.2) is 6.10 Å². The molecule has 0 saturated carbocycles. The van der Waals surface area contributed by atoms with E-state index in [1.165, 1.54) is 10.9 Å². The molecule has 0 spiro atoms. The highest BCUT2D eigenvalue weighted by atomic mass is 35.5. The Morgan fingerprint density at radius 2 is 2.00 bits per heavy atom. The van der Waals surface area contributed by atoms with Crippen LogP contribution < -0.4 is 0 Å². The first-order valence-corrected chi connectivity index (χ1v) is 11.7. The van der Waals surface area contributed by atoms with E-state index in [2.05, 4.69) is 6.58 Å². The Morgan fingerprint density at radius 3 is 2.62 bits per heavy atom. The number of benzene rings is 1. The van der Waals surface area contributed by atoms with Crippen LogP contribution >= 0.6 is 22.9 Å². The van der Waals surface area contributed by atoms with E-state index >= 15 is 0 Å². The number of halogens is 1. The number of phenolic OH excluding ortho intramolecular Hbond substituents is 1. The molecule has 0 saturated heterocycles. The number of aryl methyl sites for hydroxylation is 2. The Bertz CT molecular complexity index is 1260. The molecule has 2 N–H and O–H groups in total. The normalized spacial score (nSPS) is 15.1. The highest BCUT2D eigenvalue weighted by molar-refractivity contribution is 7.19. The summed E-state index contributed by atoms with van der Waals surface area (Å²) in [5.41, 5.74) is 3.45. The number of aromatic nitrogens is 1. The number of hydrogen-bond acceptors (Lipinski definition) is 5. The van der Waals surface area contributed by atoms with Gasteiger partial charge in [0, 0.05) is 43.2 Å². The number of carboxylic acid groups (broad SMARTS) is 1. The summed E-state index contributed by atoms with van der Waals surface area (Å²) >= 11 is 7.72. The molecule has 1 aliphatic rings. The third-order valence-corrected chi connectivity index (χ3v) is 6.94. The van der Waals surface area contributed by atoms with Crippen molar-refractivity contribution in [1.82, 2.24) is 4.98 Å². The van der Waals surface area contributed by atoms with Gasteiger partial charge in [0.05, 0.1) is 5.60 Å². The molecule has 5 nitrogen and oxygen atoms in total. The number of pyridine rings is 1. The van der Waals surface area contributed by atoms with Crippen LogP contribution in [0.15, 0.2) is 24.8 Å². The smallest absolute Gasteiger partial charge is 0.337 e. The lowest BCUT2D eigenvalue weighted by atomic mass is 9.86. The summed E-state index contributed by atoms with van der Waals surface area (Å²) in [5.74, 6) is -1.13. The van der Waals surface area contributed by atoms with Crippen LogP contribution in [-0.4, -0.2) is 26.8 Å². The molecule has 0 amide bonds. The monoisotopic (exact) mass is 471 g/mol. The molecule has 0 aliphatic heterocycles. The maximum absolute atomic E-state index is 12.4. The Kier molecular flexibility index (Phi) is 5.82. The number of carboxylic acids is 1. The number of thiophene rings is 1. The highest BCUT2D eigenvalue weighted by Gasteiger charge is 2.35. The fraction of sp³-hybridized carbons (Fsp3) is 0.360. The summed E-state index contributed by atoms with van der Waals surface area (Å²) in [6.07, 6.45) is 1.56. The summed E-state index contributed by atoms with van der Waals surface area (Å²) in [7, 11) is 0. The van der Waals surface area contributed by atoms with E-state index in [0.29, 0.717) is 27.4 Å². The van der Waals surface area contributed by atoms with Gasteiger partial charge in [0.2, 0.25) is 0 Å². The fourth-order valence-corrected chi connectivity index (χ4v) is 5.83. The fourth-order valence-electron chi connectivity index (χ4n) is 4.34. The molecular weight excluding hydrogens is 446 g/mol. The van der Waals surface area contributed by atoms with Crippen LogP contribution in [0.25, 0.3) is 26.9 Å². The van der Waals surface area contributed by atoms with Gasteiger partial charge in [-0.25, -0.2) is 9.78 Å². The zero-order chi connectivity index (χ0) is 23.4. The van der Waals surface area contributed by atoms with Gasteiger partial charge in [-0.05, 0) is 70.7 Å². The van der Waals surface area contributed by atoms with Crippen LogP contribution in [0.4, 0.5) is 0 Å².